The van der Waals surface area contributed by atoms with E-state index in [1.54, 1.807) is 7.11 Å². The first-order valence-corrected chi connectivity index (χ1v) is 6.14. The van der Waals surface area contributed by atoms with Crippen LogP contribution in [0.25, 0.3) is 0 Å². The summed E-state index contributed by atoms with van der Waals surface area (Å²) in [6.07, 6.45) is 2.31. The van der Waals surface area contributed by atoms with Crippen molar-refractivity contribution in [2.45, 2.75) is 6.42 Å². The van der Waals surface area contributed by atoms with E-state index < -0.39 is 0 Å². The molecule has 0 radical (unpaired) electrons. The highest BCUT2D eigenvalue weighted by Gasteiger charge is 2.07. The fraction of sp³-hybridized carbons (Fsp3) is 0.200. The summed E-state index contributed by atoms with van der Waals surface area (Å²) in [6, 6.07) is 11.1. The van der Waals surface area contributed by atoms with E-state index in [1.807, 2.05) is 30.3 Å². The maximum Gasteiger partial charge on any atom is 0.237 e. The lowest BCUT2D eigenvalue weighted by Crippen LogP contribution is -1.96. The van der Waals surface area contributed by atoms with E-state index in [-0.39, 0.29) is 5.88 Å². The number of aromatic nitrogens is 1. The molecule has 0 amide bonds. The second-order valence-corrected chi connectivity index (χ2v) is 4.22. The topological polar surface area (TPSA) is 81.2 Å². The SMILES string of the molecule is COCCc1ccc(Oc2ncc(N)cc2C#N)cc1. The van der Waals surface area contributed by atoms with Crippen molar-refractivity contribution in [2.75, 3.05) is 19.5 Å². The van der Waals surface area contributed by atoms with Crippen molar-refractivity contribution in [3.63, 3.8) is 0 Å². The number of hydrogen-bond acceptors (Lipinski definition) is 5. The number of hydrogen-bond donors (Lipinski definition) is 1. The third-order valence-electron chi connectivity index (χ3n) is 2.73. The van der Waals surface area contributed by atoms with Gasteiger partial charge in [0.15, 0.2) is 0 Å². The molecule has 0 bridgehead atoms. The Balaban J connectivity index is 2.12. The van der Waals surface area contributed by atoms with Gasteiger partial charge in [0.2, 0.25) is 5.88 Å². The highest BCUT2D eigenvalue weighted by atomic mass is 16.5. The molecule has 0 atom stereocenters. The van der Waals surface area contributed by atoms with Gasteiger partial charge in [-0.25, -0.2) is 4.98 Å². The lowest BCUT2D eigenvalue weighted by atomic mass is 10.1. The predicted molar refractivity (Wildman–Crippen MR) is 75.5 cm³/mol. The number of rotatable bonds is 5. The van der Waals surface area contributed by atoms with Gasteiger partial charge in [-0.1, -0.05) is 12.1 Å². The van der Waals surface area contributed by atoms with Crippen molar-refractivity contribution in [2.24, 2.45) is 0 Å². The number of methoxy groups -OCH3 is 1. The van der Waals surface area contributed by atoms with E-state index in [2.05, 4.69) is 4.98 Å². The van der Waals surface area contributed by atoms with E-state index in [0.29, 0.717) is 23.6 Å². The van der Waals surface area contributed by atoms with Crippen LogP contribution in [0.15, 0.2) is 36.5 Å². The molecule has 2 rings (SSSR count). The van der Waals surface area contributed by atoms with Crippen LogP contribution >= 0.6 is 0 Å². The van der Waals surface area contributed by atoms with Crippen molar-refractivity contribution < 1.29 is 9.47 Å². The van der Waals surface area contributed by atoms with E-state index in [4.69, 9.17) is 20.5 Å². The van der Waals surface area contributed by atoms with Crippen LogP contribution in [0.1, 0.15) is 11.1 Å². The third-order valence-corrected chi connectivity index (χ3v) is 2.73. The predicted octanol–water partition coefficient (Wildman–Crippen LogP) is 2.52. The molecular weight excluding hydrogens is 254 g/mol. The molecule has 1 aromatic heterocycles. The highest BCUT2D eigenvalue weighted by Crippen LogP contribution is 2.24. The third kappa shape index (κ3) is 3.46. The minimum absolute atomic E-state index is 0.256. The van der Waals surface area contributed by atoms with Crippen molar-refractivity contribution in [3.05, 3.63) is 47.7 Å². The minimum atomic E-state index is 0.256. The zero-order chi connectivity index (χ0) is 14.4. The number of nitrogens with zero attached hydrogens (tertiary/aromatic N) is 2. The van der Waals surface area contributed by atoms with Crippen molar-refractivity contribution in [3.8, 4) is 17.7 Å². The maximum atomic E-state index is 9.02. The van der Waals surface area contributed by atoms with Crippen molar-refractivity contribution in [1.82, 2.24) is 4.98 Å². The first-order valence-electron chi connectivity index (χ1n) is 6.14. The molecule has 20 heavy (non-hydrogen) atoms. The van der Waals surface area contributed by atoms with E-state index in [1.165, 1.54) is 12.3 Å². The van der Waals surface area contributed by atoms with Gasteiger partial charge >= 0.3 is 0 Å². The van der Waals surface area contributed by atoms with Crippen LogP contribution in [-0.4, -0.2) is 18.7 Å². The number of anilines is 1. The summed E-state index contributed by atoms with van der Waals surface area (Å²) >= 11 is 0. The van der Waals surface area contributed by atoms with Gasteiger partial charge in [0.05, 0.1) is 18.5 Å². The van der Waals surface area contributed by atoms with Gasteiger partial charge in [-0.15, -0.1) is 0 Å². The first kappa shape index (κ1) is 13.8. The zero-order valence-corrected chi connectivity index (χ0v) is 11.2. The summed E-state index contributed by atoms with van der Waals surface area (Å²) in [5, 5.41) is 9.02. The maximum absolute atomic E-state index is 9.02. The number of nitriles is 1. The Bertz CT molecular complexity index is 618. The number of pyridine rings is 1. The summed E-state index contributed by atoms with van der Waals surface area (Å²) in [7, 11) is 1.67. The van der Waals surface area contributed by atoms with Gasteiger partial charge in [-0.2, -0.15) is 5.26 Å². The number of ether oxygens (including phenoxy) is 2. The average Bonchev–Trinajstić information content (AvgIpc) is 2.48. The van der Waals surface area contributed by atoms with Gasteiger partial charge in [-0.3, -0.25) is 0 Å². The molecule has 0 fully saturated rings. The minimum Gasteiger partial charge on any atom is -0.438 e. The average molecular weight is 269 g/mol. The second kappa shape index (κ2) is 6.55. The molecule has 0 aliphatic heterocycles. The molecule has 0 aliphatic rings. The van der Waals surface area contributed by atoms with Crippen LogP contribution in [0.5, 0.6) is 11.6 Å². The summed E-state index contributed by atoms with van der Waals surface area (Å²) < 4.78 is 10.6. The van der Waals surface area contributed by atoms with Gasteiger partial charge in [0, 0.05) is 7.11 Å². The molecule has 0 saturated carbocycles. The summed E-state index contributed by atoms with van der Waals surface area (Å²) in [4.78, 5) is 4.03. The largest absolute Gasteiger partial charge is 0.438 e. The normalized spacial score (nSPS) is 10.0. The van der Waals surface area contributed by atoms with Crippen molar-refractivity contribution >= 4 is 5.69 Å². The summed E-state index contributed by atoms with van der Waals surface area (Å²) in [5.74, 6) is 0.881. The molecule has 2 N–H and O–H groups in total. The number of benzene rings is 1. The quantitative estimate of drug-likeness (QED) is 0.902. The standard InChI is InChI=1S/C15H15N3O2/c1-19-7-6-11-2-4-14(5-3-11)20-15-12(9-16)8-13(17)10-18-15/h2-5,8,10H,6-7,17H2,1H3. The Labute approximate surface area is 117 Å². The molecule has 5 nitrogen and oxygen atoms in total. The van der Waals surface area contributed by atoms with Gasteiger partial charge in [0.25, 0.3) is 0 Å². The van der Waals surface area contributed by atoms with Crippen LogP contribution in [-0.2, 0) is 11.2 Å². The molecule has 0 spiro atoms. The Kier molecular flexibility index (Phi) is 4.53. The molecule has 0 aliphatic carbocycles. The number of nitrogens with two attached hydrogens (primary N) is 1. The van der Waals surface area contributed by atoms with Crippen LogP contribution in [0.2, 0.25) is 0 Å². The molecule has 0 unspecified atom stereocenters. The monoisotopic (exact) mass is 269 g/mol. The van der Waals surface area contributed by atoms with Crippen LogP contribution in [0, 0.1) is 11.3 Å². The molecular formula is C15H15N3O2. The summed E-state index contributed by atoms with van der Waals surface area (Å²) in [6.45, 7) is 0.679. The van der Waals surface area contributed by atoms with Crippen LogP contribution in [0.3, 0.4) is 0 Å². The molecule has 1 heterocycles. The smallest absolute Gasteiger partial charge is 0.237 e. The van der Waals surface area contributed by atoms with Gasteiger partial charge < -0.3 is 15.2 Å². The number of nitrogen functional groups attached to an aromatic ring is 1. The second-order valence-electron chi connectivity index (χ2n) is 4.22. The zero-order valence-electron chi connectivity index (χ0n) is 11.2. The Morgan fingerprint density at radius 1 is 1.30 bits per heavy atom. The summed E-state index contributed by atoms with van der Waals surface area (Å²) in [5.41, 5.74) is 7.49. The molecule has 2 aromatic rings. The van der Waals surface area contributed by atoms with Gasteiger partial charge in [-0.05, 0) is 30.2 Å². The lowest BCUT2D eigenvalue weighted by Gasteiger charge is -2.07. The van der Waals surface area contributed by atoms with E-state index in [0.717, 1.165) is 12.0 Å². The van der Waals surface area contributed by atoms with Crippen LogP contribution < -0.4 is 10.5 Å². The van der Waals surface area contributed by atoms with Gasteiger partial charge in [0.1, 0.15) is 17.4 Å². The molecule has 0 saturated heterocycles. The Morgan fingerprint density at radius 3 is 2.70 bits per heavy atom. The first-order chi connectivity index (χ1) is 9.72. The lowest BCUT2D eigenvalue weighted by molar-refractivity contribution is 0.202. The van der Waals surface area contributed by atoms with E-state index in [9.17, 15) is 0 Å². The van der Waals surface area contributed by atoms with E-state index >= 15 is 0 Å². The fourth-order valence-corrected chi connectivity index (χ4v) is 1.69. The highest BCUT2D eigenvalue weighted by molar-refractivity contribution is 5.49. The van der Waals surface area contributed by atoms with Crippen molar-refractivity contribution in [1.29, 1.82) is 5.26 Å². The van der Waals surface area contributed by atoms with Crippen LogP contribution in [0.4, 0.5) is 5.69 Å². The molecule has 5 heteroatoms. The molecule has 1 aromatic carbocycles. The molecule has 102 valence electrons. The Morgan fingerprint density at radius 2 is 2.05 bits per heavy atom. The fourth-order valence-electron chi connectivity index (χ4n) is 1.69. The Hall–Kier alpha value is -2.58.